The lowest BCUT2D eigenvalue weighted by Crippen LogP contribution is -1.88. The highest BCUT2D eigenvalue weighted by Crippen LogP contribution is 2.21. The van der Waals surface area contributed by atoms with Crippen molar-refractivity contribution in [3.05, 3.63) is 53.9 Å². The zero-order chi connectivity index (χ0) is 11.4. The van der Waals surface area contributed by atoms with Crippen LogP contribution in [0.4, 0.5) is 0 Å². The number of pyridine rings is 1. The van der Waals surface area contributed by atoms with Crippen LogP contribution in [0.3, 0.4) is 0 Å². The number of hydrogen-bond acceptors (Lipinski definition) is 3. The Bertz CT molecular complexity index is 466. The van der Waals surface area contributed by atoms with Crippen LogP contribution in [0.2, 0.25) is 0 Å². The van der Waals surface area contributed by atoms with Crippen LogP contribution < -0.4 is 4.74 Å². The van der Waals surface area contributed by atoms with Crippen LogP contribution in [0.5, 0.6) is 11.5 Å². The minimum absolute atomic E-state index is 0.0172. The molecule has 0 bridgehead atoms. The van der Waals surface area contributed by atoms with Crippen molar-refractivity contribution in [1.82, 2.24) is 4.98 Å². The first-order valence-corrected chi connectivity index (χ1v) is 5.08. The van der Waals surface area contributed by atoms with Gasteiger partial charge in [0.15, 0.2) is 0 Å². The normalized spacial score (nSPS) is 10.1. The first-order valence-electron chi connectivity index (χ1n) is 5.08. The quantitative estimate of drug-likeness (QED) is 0.855. The van der Waals surface area contributed by atoms with Crippen molar-refractivity contribution in [2.45, 2.75) is 13.5 Å². The van der Waals surface area contributed by atoms with Gasteiger partial charge in [-0.15, -0.1) is 0 Å². The number of aliphatic hydroxyl groups excluding tert-OH is 1. The maximum Gasteiger partial charge on any atom is 0.145 e. The summed E-state index contributed by atoms with van der Waals surface area (Å²) in [6.45, 7) is 1.94. The van der Waals surface area contributed by atoms with Crippen molar-refractivity contribution >= 4 is 0 Å². The first kappa shape index (κ1) is 10.6. The molecule has 1 heterocycles. The summed E-state index contributed by atoms with van der Waals surface area (Å²) in [6, 6.07) is 11.1. The third-order valence-electron chi connectivity index (χ3n) is 2.20. The average molecular weight is 215 g/mol. The van der Waals surface area contributed by atoms with E-state index >= 15 is 0 Å². The van der Waals surface area contributed by atoms with Crippen LogP contribution in [-0.2, 0) is 6.61 Å². The van der Waals surface area contributed by atoms with E-state index in [9.17, 15) is 0 Å². The van der Waals surface area contributed by atoms with Gasteiger partial charge in [0, 0.05) is 5.69 Å². The first-order chi connectivity index (χ1) is 7.78. The second-order valence-electron chi connectivity index (χ2n) is 3.54. The van der Waals surface area contributed by atoms with Gasteiger partial charge in [-0.05, 0) is 36.8 Å². The zero-order valence-corrected chi connectivity index (χ0v) is 9.05. The molecule has 0 fully saturated rings. The molecule has 2 rings (SSSR count). The van der Waals surface area contributed by atoms with Crippen molar-refractivity contribution in [2.75, 3.05) is 0 Å². The predicted molar refractivity (Wildman–Crippen MR) is 61.4 cm³/mol. The predicted octanol–water partition coefficient (Wildman–Crippen LogP) is 2.67. The van der Waals surface area contributed by atoms with Crippen molar-refractivity contribution in [3.63, 3.8) is 0 Å². The fraction of sp³-hybridized carbons (Fsp3) is 0.154. The molecule has 0 aliphatic heterocycles. The van der Waals surface area contributed by atoms with E-state index in [2.05, 4.69) is 4.98 Å². The van der Waals surface area contributed by atoms with E-state index < -0.39 is 0 Å². The number of rotatable bonds is 3. The van der Waals surface area contributed by atoms with Crippen molar-refractivity contribution < 1.29 is 9.84 Å². The summed E-state index contributed by atoms with van der Waals surface area (Å²) in [5.41, 5.74) is 1.79. The molecule has 0 radical (unpaired) electrons. The lowest BCUT2D eigenvalue weighted by molar-refractivity contribution is 0.281. The highest BCUT2D eigenvalue weighted by molar-refractivity contribution is 5.32. The van der Waals surface area contributed by atoms with Gasteiger partial charge in [-0.2, -0.15) is 0 Å². The van der Waals surface area contributed by atoms with E-state index in [0.717, 1.165) is 11.3 Å². The SMILES string of the molecule is Cc1ccc(Oc2cccc(CO)c2)cn1. The van der Waals surface area contributed by atoms with Gasteiger partial charge in [-0.25, -0.2) is 0 Å². The Kier molecular flexibility index (Phi) is 3.17. The Hall–Kier alpha value is -1.87. The molecule has 0 saturated heterocycles. The second kappa shape index (κ2) is 4.77. The van der Waals surface area contributed by atoms with Crippen molar-refractivity contribution in [2.24, 2.45) is 0 Å². The van der Waals surface area contributed by atoms with Gasteiger partial charge in [0.25, 0.3) is 0 Å². The molecule has 0 spiro atoms. The summed E-state index contributed by atoms with van der Waals surface area (Å²) < 4.78 is 5.60. The summed E-state index contributed by atoms with van der Waals surface area (Å²) in [5, 5.41) is 9.00. The van der Waals surface area contributed by atoms with Crippen LogP contribution in [0.15, 0.2) is 42.6 Å². The highest BCUT2D eigenvalue weighted by Gasteiger charge is 1.98. The fourth-order valence-electron chi connectivity index (χ4n) is 1.36. The molecular weight excluding hydrogens is 202 g/mol. The van der Waals surface area contributed by atoms with E-state index in [-0.39, 0.29) is 6.61 Å². The van der Waals surface area contributed by atoms with Crippen LogP contribution in [-0.4, -0.2) is 10.1 Å². The van der Waals surface area contributed by atoms with E-state index in [0.29, 0.717) is 11.5 Å². The van der Waals surface area contributed by atoms with Gasteiger partial charge >= 0.3 is 0 Å². The molecule has 1 aromatic carbocycles. The molecule has 0 aliphatic carbocycles. The largest absolute Gasteiger partial charge is 0.456 e. The number of nitrogens with zero attached hydrogens (tertiary/aromatic N) is 1. The third kappa shape index (κ3) is 2.58. The summed E-state index contributed by atoms with van der Waals surface area (Å²) in [5.74, 6) is 1.40. The van der Waals surface area contributed by atoms with E-state index in [1.807, 2.05) is 37.3 Å². The van der Waals surface area contributed by atoms with E-state index in [1.165, 1.54) is 0 Å². The summed E-state index contributed by atoms with van der Waals surface area (Å²) in [4.78, 5) is 4.14. The van der Waals surface area contributed by atoms with Crippen LogP contribution in [0.25, 0.3) is 0 Å². The van der Waals surface area contributed by atoms with Crippen molar-refractivity contribution in [1.29, 1.82) is 0 Å². The number of benzene rings is 1. The molecule has 2 aromatic rings. The Morgan fingerprint density at radius 3 is 2.75 bits per heavy atom. The molecule has 1 N–H and O–H groups in total. The van der Waals surface area contributed by atoms with Crippen LogP contribution in [0.1, 0.15) is 11.3 Å². The minimum Gasteiger partial charge on any atom is -0.456 e. The van der Waals surface area contributed by atoms with Crippen LogP contribution >= 0.6 is 0 Å². The number of hydrogen-bond donors (Lipinski definition) is 1. The standard InChI is InChI=1S/C13H13NO2/c1-10-5-6-13(8-14-10)16-12-4-2-3-11(7-12)9-15/h2-8,15H,9H2,1H3. The molecule has 0 amide bonds. The number of ether oxygens (including phenoxy) is 1. The monoisotopic (exact) mass is 215 g/mol. The Balaban J connectivity index is 2.16. The number of aliphatic hydroxyl groups is 1. The average Bonchev–Trinajstić information content (AvgIpc) is 2.32. The van der Waals surface area contributed by atoms with Gasteiger partial charge in [0.05, 0.1) is 12.8 Å². The Morgan fingerprint density at radius 1 is 1.19 bits per heavy atom. The zero-order valence-electron chi connectivity index (χ0n) is 9.05. The number of aryl methyl sites for hydroxylation is 1. The smallest absolute Gasteiger partial charge is 0.145 e. The second-order valence-corrected chi connectivity index (χ2v) is 3.54. The fourth-order valence-corrected chi connectivity index (χ4v) is 1.36. The minimum atomic E-state index is 0.0172. The van der Waals surface area contributed by atoms with Crippen molar-refractivity contribution in [3.8, 4) is 11.5 Å². The maximum absolute atomic E-state index is 9.00. The summed E-state index contributed by atoms with van der Waals surface area (Å²) in [7, 11) is 0. The van der Waals surface area contributed by atoms with Crippen LogP contribution in [0, 0.1) is 6.92 Å². The Morgan fingerprint density at radius 2 is 2.06 bits per heavy atom. The molecule has 0 aliphatic rings. The van der Waals surface area contributed by atoms with Gasteiger partial charge in [0.2, 0.25) is 0 Å². The molecule has 0 atom stereocenters. The molecule has 82 valence electrons. The molecule has 0 saturated carbocycles. The van der Waals surface area contributed by atoms with E-state index in [1.54, 1.807) is 12.3 Å². The van der Waals surface area contributed by atoms with Gasteiger partial charge in [-0.1, -0.05) is 12.1 Å². The van der Waals surface area contributed by atoms with E-state index in [4.69, 9.17) is 9.84 Å². The topological polar surface area (TPSA) is 42.4 Å². The third-order valence-corrected chi connectivity index (χ3v) is 2.20. The number of aromatic nitrogens is 1. The molecule has 16 heavy (non-hydrogen) atoms. The highest BCUT2D eigenvalue weighted by atomic mass is 16.5. The Labute approximate surface area is 94.3 Å². The molecular formula is C13H13NO2. The van der Waals surface area contributed by atoms with Gasteiger partial charge < -0.3 is 9.84 Å². The summed E-state index contributed by atoms with van der Waals surface area (Å²) in [6.07, 6.45) is 1.68. The summed E-state index contributed by atoms with van der Waals surface area (Å²) >= 11 is 0. The molecule has 3 nitrogen and oxygen atoms in total. The van der Waals surface area contributed by atoms with Gasteiger partial charge in [-0.3, -0.25) is 4.98 Å². The lowest BCUT2D eigenvalue weighted by atomic mass is 10.2. The van der Waals surface area contributed by atoms with Gasteiger partial charge in [0.1, 0.15) is 11.5 Å². The molecule has 1 aromatic heterocycles. The molecule has 3 heteroatoms. The molecule has 0 unspecified atom stereocenters. The lowest BCUT2D eigenvalue weighted by Gasteiger charge is -2.06. The maximum atomic E-state index is 9.00.